The Hall–Kier alpha value is -2.17. The smallest absolute Gasteiger partial charge is 0.317 e. The van der Waals surface area contributed by atoms with E-state index in [4.69, 9.17) is 4.74 Å². The van der Waals surface area contributed by atoms with Crippen LogP contribution in [0.2, 0.25) is 0 Å². The summed E-state index contributed by atoms with van der Waals surface area (Å²) >= 11 is 0. The molecule has 0 saturated heterocycles. The summed E-state index contributed by atoms with van der Waals surface area (Å²) in [6.07, 6.45) is 1.16. The van der Waals surface area contributed by atoms with Gasteiger partial charge in [0.2, 0.25) is 0 Å². The van der Waals surface area contributed by atoms with Crippen LogP contribution in [-0.2, 0) is 4.79 Å². The SMILES string of the molecule is CC(C)N(CCC(c1ccccc1)C(C)(CCO)C(=O)Oc1ccccc1)C(C)C. The summed E-state index contributed by atoms with van der Waals surface area (Å²) in [4.78, 5) is 15.8. The largest absolute Gasteiger partial charge is 0.426 e. The summed E-state index contributed by atoms with van der Waals surface area (Å²) < 4.78 is 5.77. The Kier molecular flexibility index (Phi) is 9.07. The zero-order valence-corrected chi connectivity index (χ0v) is 19.0. The number of rotatable bonds is 11. The second-order valence-electron chi connectivity index (χ2n) is 8.77. The minimum absolute atomic E-state index is 0.0675. The lowest BCUT2D eigenvalue weighted by Crippen LogP contribution is -2.42. The predicted octanol–water partition coefficient (Wildman–Crippen LogP) is 5.27. The first kappa shape index (κ1) is 24.1. The number of carbonyl (C=O) groups is 1. The Bertz CT molecular complexity index is 752. The maximum Gasteiger partial charge on any atom is 0.317 e. The molecular weight excluding hydrogens is 374 g/mol. The van der Waals surface area contributed by atoms with Crippen molar-refractivity contribution in [3.8, 4) is 5.75 Å². The number of nitrogens with zero attached hydrogens (tertiary/aromatic N) is 1. The van der Waals surface area contributed by atoms with Gasteiger partial charge in [0.05, 0.1) is 5.41 Å². The van der Waals surface area contributed by atoms with Gasteiger partial charge < -0.3 is 9.84 Å². The second-order valence-corrected chi connectivity index (χ2v) is 8.77. The van der Waals surface area contributed by atoms with Gasteiger partial charge in [0.25, 0.3) is 0 Å². The summed E-state index contributed by atoms with van der Waals surface area (Å²) in [7, 11) is 0. The quantitative estimate of drug-likeness (QED) is 0.404. The number of benzene rings is 2. The molecule has 2 aromatic carbocycles. The molecule has 0 aliphatic carbocycles. The predicted molar refractivity (Wildman–Crippen MR) is 123 cm³/mol. The van der Waals surface area contributed by atoms with Gasteiger partial charge in [-0.15, -0.1) is 0 Å². The third-order valence-electron chi connectivity index (χ3n) is 6.02. The molecule has 2 rings (SSSR count). The minimum atomic E-state index is -0.842. The van der Waals surface area contributed by atoms with Gasteiger partial charge in [-0.2, -0.15) is 0 Å². The van der Waals surface area contributed by atoms with E-state index >= 15 is 0 Å². The number of aliphatic hydroxyl groups excluding tert-OH is 1. The standard InChI is InChI=1S/C26H37NO3/c1-20(2)27(21(3)4)18-16-24(22-12-8-6-9-13-22)26(5,17-19-28)25(29)30-23-14-10-7-11-15-23/h6-15,20-21,24,28H,16-19H2,1-5H3. The van der Waals surface area contributed by atoms with Gasteiger partial charge in [0.1, 0.15) is 5.75 Å². The molecule has 2 aromatic rings. The molecule has 2 unspecified atom stereocenters. The zero-order chi connectivity index (χ0) is 22.1. The summed E-state index contributed by atoms with van der Waals surface area (Å²) in [5.41, 5.74) is 0.261. The zero-order valence-electron chi connectivity index (χ0n) is 19.0. The van der Waals surface area contributed by atoms with Crippen molar-refractivity contribution in [3.63, 3.8) is 0 Å². The van der Waals surface area contributed by atoms with E-state index in [1.165, 1.54) is 0 Å². The van der Waals surface area contributed by atoms with Crippen molar-refractivity contribution >= 4 is 5.97 Å². The van der Waals surface area contributed by atoms with Gasteiger partial charge in [0, 0.05) is 24.6 Å². The fourth-order valence-electron chi connectivity index (χ4n) is 4.29. The normalized spacial score (nSPS) is 14.7. The third kappa shape index (κ3) is 6.16. The van der Waals surface area contributed by atoms with Crippen LogP contribution in [0.25, 0.3) is 0 Å². The van der Waals surface area contributed by atoms with Crippen molar-refractivity contribution in [1.82, 2.24) is 4.90 Å². The number of carbonyl (C=O) groups excluding carboxylic acids is 1. The molecule has 2 atom stereocenters. The molecule has 0 aliphatic heterocycles. The lowest BCUT2D eigenvalue weighted by atomic mass is 9.69. The highest BCUT2D eigenvalue weighted by Crippen LogP contribution is 2.43. The first-order valence-corrected chi connectivity index (χ1v) is 11.0. The summed E-state index contributed by atoms with van der Waals surface area (Å²) in [6.45, 7) is 11.5. The van der Waals surface area contributed by atoms with E-state index in [2.05, 4.69) is 44.7 Å². The van der Waals surface area contributed by atoms with E-state index in [1.54, 1.807) is 12.1 Å². The first-order valence-electron chi connectivity index (χ1n) is 11.0. The van der Waals surface area contributed by atoms with E-state index in [-0.39, 0.29) is 18.5 Å². The van der Waals surface area contributed by atoms with E-state index in [9.17, 15) is 9.90 Å². The average Bonchev–Trinajstić information content (AvgIpc) is 2.72. The van der Waals surface area contributed by atoms with Crippen LogP contribution in [0.15, 0.2) is 60.7 Å². The molecule has 4 nitrogen and oxygen atoms in total. The van der Waals surface area contributed by atoms with Crippen LogP contribution >= 0.6 is 0 Å². The molecule has 30 heavy (non-hydrogen) atoms. The van der Waals surface area contributed by atoms with Crippen molar-refractivity contribution in [2.45, 2.75) is 65.5 Å². The molecule has 0 heterocycles. The van der Waals surface area contributed by atoms with Gasteiger partial charge in [-0.25, -0.2) is 0 Å². The van der Waals surface area contributed by atoms with E-state index < -0.39 is 5.41 Å². The number of hydrogen-bond acceptors (Lipinski definition) is 4. The fourth-order valence-corrected chi connectivity index (χ4v) is 4.29. The monoisotopic (exact) mass is 411 g/mol. The van der Waals surface area contributed by atoms with Crippen molar-refractivity contribution in [1.29, 1.82) is 0 Å². The van der Waals surface area contributed by atoms with Crippen LogP contribution in [0.1, 0.15) is 58.9 Å². The van der Waals surface area contributed by atoms with Gasteiger partial charge in [0.15, 0.2) is 0 Å². The van der Waals surface area contributed by atoms with E-state index in [1.807, 2.05) is 43.3 Å². The molecule has 164 valence electrons. The van der Waals surface area contributed by atoms with Crippen LogP contribution in [-0.4, -0.2) is 41.2 Å². The van der Waals surface area contributed by atoms with Crippen molar-refractivity contribution in [3.05, 3.63) is 66.2 Å². The highest BCUT2D eigenvalue weighted by Gasteiger charge is 2.43. The molecule has 0 spiro atoms. The highest BCUT2D eigenvalue weighted by molar-refractivity contribution is 5.80. The molecular formula is C26H37NO3. The van der Waals surface area contributed by atoms with Crippen molar-refractivity contribution in [2.75, 3.05) is 13.2 Å². The topological polar surface area (TPSA) is 49.8 Å². The average molecular weight is 412 g/mol. The molecule has 4 heteroatoms. The lowest BCUT2D eigenvalue weighted by molar-refractivity contribution is -0.147. The van der Waals surface area contributed by atoms with Crippen LogP contribution in [0, 0.1) is 5.41 Å². The van der Waals surface area contributed by atoms with Gasteiger partial charge in [-0.3, -0.25) is 9.69 Å². The van der Waals surface area contributed by atoms with Crippen molar-refractivity contribution in [2.24, 2.45) is 5.41 Å². The van der Waals surface area contributed by atoms with Crippen LogP contribution in [0.3, 0.4) is 0 Å². The minimum Gasteiger partial charge on any atom is -0.426 e. The number of ether oxygens (including phenoxy) is 1. The van der Waals surface area contributed by atoms with Crippen molar-refractivity contribution < 1.29 is 14.6 Å². The maximum atomic E-state index is 13.4. The molecule has 0 aliphatic rings. The molecule has 0 bridgehead atoms. The van der Waals surface area contributed by atoms with Crippen LogP contribution < -0.4 is 4.74 Å². The van der Waals surface area contributed by atoms with Gasteiger partial charge in [-0.1, -0.05) is 48.5 Å². The van der Waals surface area contributed by atoms with E-state index in [0.29, 0.717) is 24.3 Å². The lowest BCUT2D eigenvalue weighted by Gasteiger charge is -2.38. The fraction of sp³-hybridized carbons (Fsp3) is 0.500. The molecule has 0 saturated carbocycles. The summed E-state index contributed by atoms with van der Waals surface area (Å²) in [5.74, 6) is 0.170. The maximum absolute atomic E-state index is 13.4. The number of esters is 1. The molecule has 0 amide bonds. The Balaban J connectivity index is 2.37. The Labute approximate surface area is 181 Å². The Morgan fingerprint density at radius 1 is 0.967 bits per heavy atom. The molecule has 0 aromatic heterocycles. The highest BCUT2D eigenvalue weighted by atomic mass is 16.5. The number of para-hydroxylation sites is 1. The molecule has 1 N–H and O–H groups in total. The van der Waals surface area contributed by atoms with Crippen LogP contribution in [0.4, 0.5) is 0 Å². The Morgan fingerprint density at radius 3 is 2.00 bits per heavy atom. The third-order valence-corrected chi connectivity index (χ3v) is 6.02. The summed E-state index contributed by atoms with van der Waals surface area (Å²) in [5, 5.41) is 9.85. The second kappa shape index (κ2) is 11.3. The Morgan fingerprint density at radius 2 is 1.50 bits per heavy atom. The van der Waals surface area contributed by atoms with Gasteiger partial charge in [-0.05, 0) is 71.7 Å². The van der Waals surface area contributed by atoms with Crippen LogP contribution in [0.5, 0.6) is 5.75 Å². The van der Waals surface area contributed by atoms with Gasteiger partial charge >= 0.3 is 5.97 Å². The van der Waals surface area contributed by atoms with E-state index in [0.717, 1.165) is 18.5 Å². The number of aliphatic hydroxyl groups is 1. The molecule has 0 radical (unpaired) electrons. The number of hydrogen-bond donors (Lipinski definition) is 1. The first-order chi connectivity index (χ1) is 14.3. The summed E-state index contributed by atoms with van der Waals surface area (Å²) in [6, 6.07) is 20.2. The molecule has 0 fully saturated rings.